The van der Waals surface area contributed by atoms with Gasteiger partial charge in [-0.25, -0.2) is 0 Å². The minimum absolute atomic E-state index is 0.0142. The maximum Gasteiger partial charge on any atom is 0.258 e. The summed E-state index contributed by atoms with van der Waals surface area (Å²) in [5, 5.41) is 4.79. The molecule has 0 spiro atoms. The van der Waals surface area contributed by atoms with E-state index < -0.39 is 0 Å². The first-order chi connectivity index (χ1) is 10.5. The molecule has 2 aliphatic rings. The van der Waals surface area contributed by atoms with Gasteiger partial charge in [0.1, 0.15) is 5.15 Å². The smallest absolute Gasteiger partial charge is 0.258 e. The number of hydrogen-bond donors (Lipinski definition) is 0. The van der Waals surface area contributed by atoms with E-state index in [1.54, 1.807) is 4.68 Å². The van der Waals surface area contributed by atoms with Gasteiger partial charge in [-0.1, -0.05) is 11.6 Å². The lowest BCUT2D eigenvalue weighted by molar-refractivity contribution is -0.0893. The van der Waals surface area contributed by atoms with Gasteiger partial charge in [-0.3, -0.25) is 14.4 Å². The molecule has 6 nitrogen and oxygen atoms in total. The second-order valence-corrected chi connectivity index (χ2v) is 6.42. The molecule has 0 aromatic carbocycles. The fourth-order valence-corrected chi connectivity index (χ4v) is 3.76. The van der Waals surface area contributed by atoms with Crippen LogP contribution in [0.1, 0.15) is 29.4 Å². The van der Waals surface area contributed by atoms with Crippen LogP contribution in [0, 0.1) is 6.92 Å². The summed E-state index contributed by atoms with van der Waals surface area (Å²) < 4.78 is 7.51. The van der Waals surface area contributed by atoms with Crippen molar-refractivity contribution in [1.29, 1.82) is 0 Å². The predicted octanol–water partition coefficient (Wildman–Crippen LogP) is 1.41. The molecule has 0 saturated carbocycles. The highest BCUT2D eigenvalue weighted by atomic mass is 35.5. The molecule has 2 fully saturated rings. The molecule has 0 bridgehead atoms. The van der Waals surface area contributed by atoms with E-state index in [0.29, 0.717) is 36.0 Å². The number of nitrogens with zero attached hydrogens (tertiary/aromatic N) is 4. The number of morpholine rings is 1. The molecule has 1 amide bonds. The number of amides is 1. The third-order valence-electron chi connectivity index (χ3n) is 4.73. The van der Waals surface area contributed by atoms with E-state index in [-0.39, 0.29) is 18.1 Å². The second kappa shape index (κ2) is 6.18. The number of piperidine rings is 1. The Kier molecular flexibility index (Phi) is 4.43. The Morgan fingerprint density at radius 1 is 1.45 bits per heavy atom. The average molecular weight is 327 g/mol. The van der Waals surface area contributed by atoms with Crippen LogP contribution in [0.5, 0.6) is 0 Å². The van der Waals surface area contributed by atoms with Crippen LogP contribution in [-0.2, 0) is 11.3 Å². The quantitative estimate of drug-likeness (QED) is 0.824. The number of carbonyl (C=O) groups excluding carboxylic acids is 1. The molecule has 3 rings (SSSR count). The second-order valence-electron chi connectivity index (χ2n) is 6.06. The normalized spacial score (nSPS) is 26.1. The largest absolute Gasteiger partial charge is 0.375 e. The molecule has 0 aliphatic carbocycles. The van der Waals surface area contributed by atoms with Crippen molar-refractivity contribution in [3.63, 3.8) is 0 Å². The molecule has 1 aromatic rings. The van der Waals surface area contributed by atoms with Crippen molar-refractivity contribution in [2.24, 2.45) is 0 Å². The first-order valence-electron chi connectivity index (χ1n) is 7.87. The Bertz CT molecular complexity index is 574. The van der Waals surface area contributed by atoms with Crippen molar-refractivity contribution in [2.45, 2.75) is 39.0 Å². The lowest BCUT2D eigenvalue weighted by atomic mass is 9.98. The van der Waals surface area contributed by atoms with Gasteiger partial charge >= 0.3 is 0 Å². The van der Waals surface area contributed by atoms with Crippen molar-refractivity contribution in [1.82, 2.24) is 19.6 Å². The zero-order valence-corrected chi connectivity index (χ0v) is 14.1. The number of rotatable bonds is 2. The van der Waals surface area contributed by atoms with Crippen LogP contribution < -0.4 is 0 Å². The first-order valence-corrected chi connectivity index (χ1v) is 8.24. The molecule has 3 heterocycles. The van der Waals surface area contributed by atoms with Gasteiger partial charge in [-0.15, -0.1) is 0 Å². The number of likely N-dealkylation sites (N-methyl/N-ethyl adjacent to an activating group) is 1. The Labute approximate surface area is 136 Å². The molecule has 2 atom stereocenters. The summed E-state index contributed by atoms with van der Waals surface area (Å²) in [7, 11) is 2.10. The highest BCUT2D eigenvalue weighted by molar-refractivity contribution is 6.33. The molecule has 122 valence electrons. The molecule has 0 N–H and O–H groups in total. The number of ether oxygens (including phenoxy) is 1. The molecule has 2 aliphatic heterocycles. The van der Waals surface area contributed by atoms with Gasteiger partial charge in [0.05, 0.1) is 30.0 Å². The number of fused-ring (bicyclic) bond motifs is 1. The number of hydrogen-bond acceptors (Lipinski definition) is 4. The van der Waals surface area contributed by atoms with E-state index in [1.165, 1.54) is 0 Å². The molecule has 2 saturated heterocycles. The fourth-order valence-electron chi connectivity index (χ4n) is 3.39. The van der Waals surface area contributed by atoms with Crippen molar-refractivity contribution in [3.05, 3.63) is 16.4 Å². The van der Waals surface area contributed by atoms with E-state index in [9.17, 15) is 4.79 Å². The third kappa shape index (κ3) is 2.64. The van der Waals surface area contributed by atoms with Crippen LogP contribution in [0.3, 0.4) is 0 Å². The molecule has 0 unspecified atom stereocenters. The number of halogens is 1. The monoisotopic (exact) mass is 326 g/mol. The zero-order chi connectivity index (χ0) is 15.9. The molecule has 1 aromatic heterocycles. The standard InChI is InChI=1S/C15H23ClN4O2/c1-4-20-14(16)13(10(2)17-20)15(21)19-6-5-12-11(9-19)18(3)7-8-22-12/h11-12H,4-9H2,1-3H3/t11-,12-/m0/s1. The molecule has 22 heavy (non-hydrogen) atoms. The lowest BCUT2D eigenvalue weighted by Gasteiger charge is -2.45. The summed E-state index contributed by atoms with van der Waals surface area (Å²) in [6, 6.07) is 0.270. The third-order valence-corrected chi connectivity index (χ3v) is 5.11. The molecule has 0 radical (unpaired) electrons. The van der Waals surface area contributed by atoms with Crippen molar-refractivity contribution >= 4 is 17.5 Å². The number of aryl methyl sites for hydroxylation is 2. The van der Waals surface area contributed by atoms with Gasteiger partial charge in [0.2, 0.25) is 0 Å². The number of aromatic nitrogens is 2. The topological polar surface area (TPSA) is 50.6 Å². The summed E-state index contributed by atoms with van der Waals surface area (Å²) in [6.45, 7) is 7.55. The maximum absolute atomic E-state index is 12.9. The van der Waals surface area contributed by atoms with E-state index in [0.717, 1.165) is 19.6 Å². The Morgan fingerprint density at radius 3 is 2.91 bits per heavy atom. The summed E-state index contributed by atoms with van der Waals surface area (Å²) in [6.07, 6.45) is 1.11. The Balaban J connectivity index is 1.80. The Hall–Kier alpha value is -1.11. The lowest BCUT2D eigenvalue weighted by Crippen LogP contribution is -2.59. The van der Waals surface area contributed by atoms with Crippen molar-refractivity contribution < 1.29 is 9.53 Å². The van der Waals surface area contributed by atoms with E-state index in [4.69, 9.17) is 16.3 Å². The summed E-state index contributed by atoms with van der Waals surface area (Å²) in [5.41, 5.74) is 1.24. The summed E-state index contributed by atoms with van der Waals surface area (Å²) >= 11 is 6.33. The Morgan fingerprint density at radius 2 is 2.23 bits per heavy atom. The SMILES string of the molecule is CCn1nc(C)c(C(=O)N2CC[C@@H]3OCCN(C)[C@H]3C2)c1Cl. The zero-order valence-electron chi connectivity index (χ0n) is 13.4. The van der Waals surface area contributed by atoms with Crippen LogP contribution >= 0.6 is 11.6 Å². The minimum Gasteiger partial charge on any atom is -0.375 e. The number of carbonyl (C=O) groups is 1. The molecular weight excluding hydrogens is 304 g/mol. The highest BCUT2D eigenvalue weighted by Gasteiger charge is 2.38. The van der Waals surface area contributed by atoms with E-state index in [2.05, 4.69) is 17.0 Å². The minimum atomic E-state index is -0.0142. The van der Waals surface area contributed by atoms with Gasteiger partial charge in [0.25, 0.3) is 5.91 Å². The van der Waals surface area contributed by atoms with E-state index >= 15 is 0 Å². The van der Waals surface area contributed by atoms with Crippen molar-refractivity contribution in [2.75, 3.05) is 33.3 Å². The van der Waals surface area contributed by atoms with Gasteiger partial charge in [-0.2, -0.15) is 5.10 Å². The van der Waals surface area contributed by atoms with Gasteiger partial charge in [0.15, 0.2) is 0 Å². The fraction of sp³-hybridized carbons (Fsp3) is 0.733. The first kappa shape index (κ1) is 15.8. The van der Waals surface area contributed by atoms with Gasteiger partial charge in [-0.05, 0) is 27.3 Å². The number of likely N-dealkylation sites (tertiary alicyclic amines) is 1. The van der Waals surface area contributed by atoms with Crippen LogP contribution in [-0.4, -0.2) is 70.9 Å². The predicted molar refractivity (Wildman–Crippen MR) is 84.3 cm³/mol. The highest BCUT2D eigenvalue weighted by Crippen LogP contribution is 2.26. The van der Waals surface area contributed by atoms with Gasteiger partial charge in [0, 0.05) is 26.2 Å². The van der Waals surface area contributed by atoms with E-state index in [1.807, 2.05) is 18.7 Å². The summed E-state index contributed by atoms with van der Waals surface area (Å²) in [5.74, 6) is -0.0142. The summed E-state index contributed by atoms with van der Waals surface area (Å²) in [4.78, 5) is 17.1. The van der Waals surface area contributed by atoms with Gasteiger partial charge < -0.3 is 9.64 Å². The van der Waals surface area contributed by atoms with Crippen LogP contribution in [0.15, 0.2) is 0 Å². The molecule has 7 heteroatoms. The molecular formula is C15H23ClN4O2. The maximum atomic E-state index is 12.9. The average Bonchev–Trinajstić information content (AvgIpc) is 2.81. The van der Waals surface area contributed by atoms with Crippen molar-refractivity contribution in [3.8, 4) is 0 Å². The van der Waals surface area contributed by atoms with Crippen LogP contribution in [0.2, 0.25) is 5.15 Å². The van der Waals surface area contributed by atoms with Crippen LogP contribution in [0.25, 0.3) is 0 Å². The van der Waals surface area contributed by atoms with Crippen LogP contribution in [0.4, 0.5) is 0 Å².